The molecule has 1 unspecified atom stereocenters. The van der Waals surface area contributed by atoms with Crippen molar-refractivity contribution in [2.75, 3.05) is 26.7 Å². The van der Waals surface area contributed by atoms with Gasteiger partial charge in [0, 0.05) is 25.5 Å². The van der Waals surface area contributed by atoms with Crippen LogP contribution >= 0.6 is 0 Å². The number of rotatable bonds is 8. The molecule has 2 rings (SSSR count). The Morgan fingerprint density at radius 3 is 2.71 bits per heavy atom. The summed E-state index contributed by atoms with van der Waals surface area (Å²) in [6.07, 6.45) is 6.56. The van der Waals surface area contributed by atoms with E-state index < -0.39 is 5.54 Å². The lowest BCUT2D eigenvalue weighted by molar-refractivity contribution is -0.151. The molecule has 0 amide bonds. The second kappa shape index (κ2) is 7.00. The van der Waals surface area contributed by atoms with Crippen LogP contribution in [0.2, 0.25) is 0 Å². The van der Waals surface area contributed by atoms with Crippen LogP contribution in [0.4, 0.5) is 0 Å². The van der Waals surface area contributed by atoms with E-state index in [9.17, 15) is 4.79 Å². The Bertz CT molecular complexity index is 462. The predicted molar refractivity (Wildman–Crippen MR) is 81.7 cm³/mol. The third kappa shape index (κ3) is 4.25. The average Bonchev–Trinajstić information content (AvgIpc) is 3.31. The first-order valence-corrected chi connectivity index (χ1v) is 7.60. The third-order valence-corrected chi connectivity index (χ3v) is 4.02. The Labute approximate surface area is 126 Å². The fourth-order valence-electron chi connectivity index (χ4n) is 2.62. The standard InChI is InChI=1S/C16H25N3O2/c1-3-21-15(20)16(17,14-4-5-14)12-19(2)11-8-13-6-9-18-10-7-13/h6-7,9-10,14H,3-5,8,11-12,17H2,1-2H3. The lowest BCUT2D eigenvalue weighted by Crippen LogP contribution is -2.58. The van der Waals surface area contributed by atoms with Crippen molar-refractivity contribution in [3.8, 4) is 0 Å². The predicted octanol–water partition coefficient (Wildman–Crippen LogP) is 1.23. The number of hydrogen-bond acceptors (Lipinski definition) is 5. The molecule has 1 fully saturated rings. The summed E-state index contributed by atoms with van der Waals surface area (Å²) in [6.45, 7) is 3.60. The van der Waals surface area contributed by atoms with E-state index in [0.29, 0.717) is 13.2 Å². The molecule has 0 radical (unpaired) electrons. The van der Waals surface area contributed by atoms with Gasteiger partial charge in [0.1, 0.15) is 5.54 Å². The molecule has 1 aromatic heterocycles. The van der Waals surface area contributed by atoms with Crippen LogP contribution < -0.4 is 5.73 Å². The SMILES string of the molecule is CCOC(=O)C(N)(CN(C)CCc1ccncc1)C1CC1. The second-order valence-electron chi connectivity index (χ2n) is 5.88. The van der Waals surface area contributed by atoms with Crippen LogP contribution in [0.5, 0.6) is 0 Å². The molecule has 116 valence electrons. The van der Waals surface area contributed by atoms with Gasteiger partial charge in [-0.3, -0.25) is 4.98 Å². The van der Waals surface area contributed by atoms with Crippen molar-refractivity contribution in [1.29, 1.82) is 0 Å². The number of nitrogens with zero attached hydrogens (tertiary/aromatic N) is 2. The van der Waals surface area contributed by atoms with Crippen molar-refractivity contribution in [1.82, 2.24) is 9.88 Å². The van der Waals surface area contributed by atoms with Gasteiger partial charge in [0.25, 0.3) is 0 Å². The summed E-state index contributed by atoms with van der Waals surface area (Å²) in [6, 6.07) is 4.02. The highest BCUT2D eigenvalue weighted by molar-refractivity contribution is 5.82. The lowest BCUT2D eigenvalue weighted by atomic mass is 9.93. The number of likely N-dealkylation sites (N-methyl/N-ethyl adjacent to an activating group) is 1. The summed E-state index contributed by atoms with van der Waals surface area (Å²) >= 11 is 0. The van der Waals surface area contributed by atoms with Gasteiger partial charge in [0.05, 0.1) is 6.61 Å². The molecule has 0 aliphatic heterocycles. The van der Waals surface area contributed by atoms with Crippen LogP contribution in [-0.2, 0) is 16.0 Å². The quantitative estimate of drug-likeness (QED) is 0.730. The smallest absolute Gasteiger partial charge is 0.327 e. The van der Waals surface area contributed by atoms with E-state index >= 15 is 0 Å². The fraction of sp³-hybridized carbons (Fsp3) is 0.625. The van der Waals surface area contributed by atoms with Gasteiger partial charge >= 0.3 is 5.97 Å². The number of aromatic nitrogens is 1. The topological polar surface area (TPSA) is 68.5 Å². The number of ether oxygens (including phenoxy) is 1. The molecule has 0 aromatic carbocycles. The van der Waals surface area contributed by atoms with E-state index in [1.807, 2.05) is 26.1 Å². The minimum atomic E-state index is -0.858. The fourth-order valence-corrected chi connectivity index (χ4v) is 2.62. The number of esters is 1. The minimum absolute atomic E-state index is 0.261. The summed E-state index contributed by atoms with van der Waals surface area (Å²) in [5, 5.41) is 0. The Hall–Kier alpha value is -1.46. The van der Waals surface area contributed by atoms with Crippen LogP contribution in [0, 0.1) is 5.92 Å². The molecular formula is C16H25N3O2. The molecule has 2 N–H and O–H groups in total. The third-order valence-electron chi connectivity index (χ3n) is 4.02. The summed E-state index contributed by atoms with van der Waals surface area (Å²) in [4.78, 5) is 18.3. The molecule has 1 atom stereocenters. The molecule has 0 spiro atoms. The van der Waals surface area contributed by atoms with Crippen molar-refractivity contribution in [2.45, 2.75) is 31.7 Å². The first kappa shape index (κ1) is 15.9. The normalized spacial score (nSPS) is 17.5. The first-order valence-electron chi connectivity index (χ1n) is 7.60. The van der Waals surface area contributed by atoms with Crippen molar-refractivity contribution < 1.29 is 9.53 Å². The van der Waals surface area contributed by atoms with E-state index in [0.717, 1.165) is 25.8 Å². The van der Waals surface area contributed by atoms with Crippen molar-refractivity contribution in [3.63, 3.8) is 0 Å². The lowest BCUT2D eigenvalue weighted by Gasteiger charge is -2.31. The van der Waals surface area contributed by atoms with Gasteiger partial charge in [-0.05, 0) is 56.8 Å². The van der Waals surface area contributed by atoms with Gasteiger partial charge in [-0.2, -0.15) is 0 Å². The van der Waals surface area contributed by atoms with Crippen molar-refractivity contribution in [2.24, 2.45) is 11.7 Å². The van der Waals surface area contributed by atoms with Crippen LogP contribution in [0.15, 0.2) is 24.5 Å². The van der Waals surface area contributed by atoms with E-state index in [-0.39, 0.29) is 11.9 Å². The molecule has 5 heteroatoms. The average molecular weight is 291 g/mol. The zero-order valence-corrected chi connectivity index (χ0v) is 12.9. The zero-order chi connectivity index (χ0) is 15.3. The van der Waals surface area contributed by atoms with Gasteiger partial charge < -0.3 is 15.4 Å². The molecule has 0 saturated heterocycles. The molecular weight excluding hydrogens is 266 g/mol. The van der Waals surface area contributed by atoms with Gasteiger partial charge in [-0.15, -0.1) is 0 Å². The highest BCUT2D eigenvalue weighted by atomic mass is 16.5. The summed E-state index contributed by atoms with van der Waals surface area (Å²) < 4.78 is 5.17. The monoisotopic (exact) mass is 291 g/mol. The minimum Gasteiger partial charge on any atom is -0.465 e. The second-order valence-corrected chi connectivity index (χ2v) is 5.88. The number of carbonyl (C=O) groups is 1. The number of pyridine rings is 1. The summed E-state index contributed by atoms with van der Waals surface area (Å²) in [5.74, 6) is 0.00295. The molecule has 21 heavy (non-hydrogen) atoms. The molecule has 0 bridgehead atoms. The van der Waals surface area contributed by atoms with Crippen LogP contribution in [0.1, 0.15) is 25.3 Å². The molecule has 1 heterocycles. The summed E-state index contributed by atoms with van der Waals surface area (Å²) in [5.41, 5.74) is 6.76. The van der Waals surface area contributed by atoms with E-state index in [1.165, 1.54) is 5.56 Å². The Morgan fingerprint density at radius 1 is 1.48 bits per heavy atom. The number of hydrogen-bond donors (Lipinski definition) is 1. The highest BCUT2D eigenvalue weighted by Crippen LogP contribution is 2.39. The zero-order valence-electron chi connectivity index (χ0n) is 12.9. The highest BCUT2D eigenvalue weighted by Gasteiger charge is 2.49. The van der Waals surface area contributed by atoms with Gasteiger partial charge in [0.2, 0.25) is 0 Å². The van der Waals surface area contributed by atoms with E-state index in [4.69, 9.17) is 10.5 Å². The molecule has 5 nitrogen and oxygen atoms in total. The maximum atomic E-state index is 12.2. The van der Waals surface area contributed by atoms with E-state index in [2.05, 4.69) is 9.88 Å². The van der Waals surface area contributed by atoms with Gasteiger partial charge in [-0.25, -0.2) is 4.79 Å². The van der Waals surface area contributed by atoms with Gasteiger partial charge in [-0.1, -0.05) is 0 Å². The Morgan fingerprint density at radius 2 is 2.14 bits per heavy atom. The van der Waals surface area contributed by atoms with Crippen LogP contribution in [0.25, 0.3) is 0 Å². The van der Waals surface area contributed by atoms with Crippen molar-refractivity contribution >= 4 is 5.97 Å². The molecule has 1 aliphatic carbocycles. The maximum absolute atomic E-state index is 12.2. The first-order chi connectivity index (χ1) is 10.1. The molecule has 1 saturated carbocycles. The Kier molecular flexibility index (Phi) is 5.31. The number of nitrogens with two attached hydrogens (primary N) is 1. The molecule has 1 aromatic rings. The largest absolute Gasteiger partial charge is 0.465 e. The van der Waals surface area contributed by atoms with E-state index in [1.54, 1.807) is 12.4 Å². The van der Waals surface area contributed by atoms with Crippen molar-refractivity contribution in [3.05, 3.63) is 30.1 Å². The van der Waals surface area contributed by atoms with Crippen LogP contribution in [0.3, 0.4) is 0 Å². The number of carbonyl (C=O) groups excluding carboxylic acids is 1. The van der Waals surface area contributed by atoms with Gasteiger partial charge in [0.15, 0.2) is 0 Å². The van der Waals surface area contributed by atoms with Crippen LogP contribution in [-0.4, -0.2) is 48.1 Å². The summed E-state index contributed by atoms with van der Waals surface area (Å²) in [7, 11) is 2.00. The Balaban J connectivity index is 1.89. The maximum Gasteiger partial charge on any atom is 0.327 e. The molecule has 1 aliphatic rings.